The van der Waals surface area contributed by atoms with E-state index >= 15 is 0 Å². The van der Waals surface area contributed by atoms with E-state index in [-0.39, 0.29) is 5.91 Å². The van der Waals surface area contributed by atoms with Crippen LogP contribution in [0.2, 0.25) is 0 Å². The average molecular weight is 249 g/mol. The van der Waals surface area contributed by atoms with Crippen LogP contribution in [0, 0.1) is 0 Å². The van der Waals surface area contributed by atoms with E-state index in [2.05, 4.69) is 23.0 Å². The van der Waals surface area contributed by atoms with Crippen molar-refractivity contribution in [1.29, 1.82) is 0 Å². The molecule has 2 aromatic rings. The van der Waals surface area contributed by atoms with E-state index in [4.69, 9.17) is 0 Å². The van der Waals surface area contributed by atoms with Gasteiger partial charge in [0.2, 0.25) is 5.91 Å². The van der Waals surface area contributed by atoms with E-state index in [0.717, 1.165) is 16.6 Å². The summed E-state index contributed by atoms with van der Waals surface area (Å²) in [4.78, 5) is 11.4. The molecule has 0 aliphatic heterocycles. The van der Waals surface area contributed by atoms with Gasteiger partial charge in [-0.1, -0.05) is 18.2 Å². The fraction of sp³-hybridized carbons (Fsp3) is 0.333. The molecule has 0 saturated heterocycles. The number of nitrogens with zero attached hydrogens (tertiary/aromatic N) is 2. The summed E-state index contributed by atoms with van der Waals surface area (Å²) < 4.78 is 1.83. The third-order valence-electron chi connectivity index (χ3n) is 2.63. The number of hydrogen-bond donors (Lipinski definition) is 2. The standard InChI is InChI=1S/C12H15N3OS/c1-15-11-5-3-2-4-9(11)10(14-15)8-13-12(16)6-7-17/h2-5,17H,6-8H2,1H3,(H,13,16). The molecule has 2 rings (SSSR count). The lowest BCUT2D eigenvalue weighted by atomic mass is 10.2. The van der Waals surface area contributed by atoms with Crippen LogP contribution < -0.4 is 5.32 Å². The predicted octanol–water partition coefficient (Wildman–Crippen LogP) is 1.51. The second kappa shape index (κ2) is 5.23. The number of fused-ring (bicyclic) bond motifs is 1. The van der Waals surface area contributed by atoms with Crippen LogP contribution in [0.3, 0.4) is 0 Å². The number of hydrogen-bond acceptors (Lipinski definition) is 3. The summed E-state index contributed by atoms with van der Waals surface area (Å²) in [6.45, 7) is 0.466. The molecule has 1 N–H and O–H groups in total. The summed E-state index contributed by atoms with van der Waals surface area (Å²) >= 11 is 4.02. The number of para-hydroxylation sites is 1. The van der Waals surface area contributed by atoms with Gasteiger partial charge in [-0.25, -0.2) is 0 Å². The predicted molar refractivity (Wildman–Crippen MR) is 71.0 cm³/mol. The van der Waals surface area contributed by atoms with Gasteiger partial charge in [0.05, 0.1) is 17.8 Å². The van der Waals surface area contributed by atoms with Crippen LogP contribution in [0.15, 0.2) is 24.3 Å². The topological polar surface area (TPSA) is 46.9 Å². The van der Waals surface area contributed by atoms with Crippen LogP contribution in [0.1, 0.15) is 12.1 Å². The van der Waals surface area contributed by atoms with Gasteiger partial charge in [-0.05, 0) is 11.8 Å². The molecule has 1 amide bonds. The molecule has 0 aliphatic carbocycles. The van der Waals surface area contributed by atoms with Gasteiger partial charge >= 0.3 is 0 Å². The number of amides is 1. The van der Waals surface area contributed by atoms with Crippen molar-refractivity contribution in [2.24, 2.45) is 7.05 Å². The SMILES string of the molecule is Cn1nc(CNC(=O)CCS)c2ccccc21. The van der Waals surface area contributed by atoms with Crippen molar-refractivity contribution < 1.29 is 4.79 Å². The number of thiol groups is 1. The molecule has 0 aliphatic rings. The van der Waals surface area contributed by atoms with E-state index in [1.807, 2.05) is 36.0 Å². The molecule has 0 spiro atoms. The second-order valence-corrected chi connectivity index (χ2v) is 4.28. The van der Waals surface area contributed by atoms with Crippen molar-refractivity contribution in [1.82, 2.24) is 15.1 Å². The largest absolute Gasteiger partial charge is 0.350 e. The molecule has 0 saturated carbocycles. The fourth-order valence-electron chi connectivity index (χ4n) is 1.79. The van der Waals surface area contributed by atoms with E-state index in [9.17, 15) is 4.79 Å². The highest BCUT2D eigenvalue weighted by Gasteiger charge is 2.08. The van der Waals surface area contributed by atoms with Gasteiger partial charge in [-0.15, -0.1) is 0 Å². The molecule has 17 heavy (non-hydrogen) atoms. The van der Waals surface area contributed by atoms with Gasteiger partial charge in [0.1, 0.15) is 0 Å². The van der Waals surface area contributed by atoms with E-state index < -0.39 is 0 Å². The highest BCUT2D eigenvalue weighted by atomic mass is 32.1. The van der Waals surface area contributed by atoms with E-state index in [1.54, 1.807) is 0 Å². The van der Waals surface area contributed by atoms with Gasteiger partial charge in [0.15, 0.2) is 0 Å². The molecule has 0 radical (unpaired) electrons. The minimum atomic E-state index is 0.00901. The van der Waals surface area contributed by atoms with Crippen LogP contribution >= 0.6 is 12.6 Å². The number of aromatic nitrogens is 2. The highest BCUT2D eigenvalue weighted by Crippen LogP contribution is 2.16. The maximum absolute atomic E-state index is 11.4. The Bertz CT molecular complexity index is 536. The third-order valence-corrected chi connectivity index (χ3v) is 2.85. The third kappa shape index (κ3) is 2.61. The quantitative estimate of drug-likeness (QED) is 0.807. The first-order valence-electron chi connectivity index (χ1n) is 5.50. The molecule has 1 aromatic heterocycles. The normalized spacial score (nSPS) is 10.7. The van der Waals surface area contributed by atoms with E-state index in [0.29, 0.717) is 18.7 Å². The molecule has 0 atom stereocenters. The van der Waals surface area contributed by atoms with Crippen molar-refractivity contribution in [3.63, 3.8) is 0 Å². The van der Waals surface area contributed by atoms with Gasteiger partial charge in [0.25, 0.3) is 0 Å². The summed E-state index contributed by atoms with van der Waals surface area (Å²) in [5.41, 5.74) is 1.97. The first kappa shape index (κ1) is 12.0. The molecule has 0 bridgehead atoms. The Morgan fingerprint density at radius 3 is 3.00 bits per heavy atom. The van der Waals surface area contributed by atoms with Crippen molar-refractivity contribution in [2.45, 2.75) is 13.0 Å². The van der Waals surface area contributed by atoms with Crippen LogP contribution in [0.25, 0.3) is 10.9 Å². The molecule has 5 heteroatoms. The lowest BCUT2D eigenvalue weighted by Crippen LogP contribution is -2.23. The zero-order valence-electron chi connectivity index (χ0n) is 9.68. The Kier molecular flexibility index (Phi) is 3.68. The second-order valence-electron chi connectivity index (χ2n) is 3.84. The first-order chi connectivity index (χ1) is 8.22. The Morgan fingerprint density at radius 1 is 1.47 bits per heavy atom. The summed E-state index contributed by atoms with van der Waals surface area (Å²) in [6.07, 6.45) is 0.438. The van der Waals surface area contributed by atoms with Crippen molar-refractivity contribution in [3.05, 3.63) is 30.0 Å². The van der Waals surface area contributed by atoms with Crippen LogP contribution in [-0.2, 0) is 18.4 Å². The zero-order chi connectivity index (χ0) is 12.3. The average Bonchev–Trinajstić information content (AvgIpc) is 2.65. The number of carbonyl (C=O) groups is 1. The van der Waals surface area contributed by atoms with Crippen molar-refractivity contribution in [3.8, 4) is 0 Å². The monoisotopic (exact) mass is 249 g/mol. The van der Waals surface area contributed by atoms with E-state index in [1.165, 1.54) is 0 Å². The molecule has 90 valence electrons. The maximum atomic E-state index is 11.4. The Labute approximate surface area is 105 Å². The number of carbonyl (C=O) groups excluding carboxylic acids is 1. The molecule has 0 fully saturated rings. The number of rotatable bonds is 4. The fourth-order valence-corrected chi connectivity index (χ4v) is 1.99. The minimum absolute atomic E-state index is 0.00901. The highest BCUT2D eigenvalue weighted by molar-refractivity contribution is 7.80. The van der Waals surface area contributed by atoms with Crippen molar-refractivity contribution >= 4 is 29.4 Å². The minimum Gasteiger partial charge on any atom is -0.350 e. The first-order valence-corrected chi connectivity index (χ1v) is 6.14. The molecular weight excluding hydrogens is 234 g/mol. The Hall–Kier alpha value is -1.49. The number of nitrogens with one attached hydrogen (secondary N) is 1. The van der Waals surface area contributed by atoms with Crippen molar-refractivity contribution in [2.75, 3.05) is 5.75 Å². The Morgan fingerprint density at radius 2 is 2.24 bits per heavy atom. The van der Waals surface area contributed by atoms with Gasteiger partial charge in [0, 0.05) is 18.9 Å². The van der Waals surface area contributed by atoms with Gasteiger partial charge < -0.3 is 5.32 Å². The van der Waals surface area contributed by atoms with Crippen LogP contribution in [-0.4, -0.2) is 21.4 Å². The van der Waals surface area contributed by atoms with Crippen LogP contribution in [0.5, 0.6) is 0 Å². The summed E-state index contributed by atoms with van der Waals surface area (Å²) in [6, 6.07) is 7.99. The lowest BCUT2D eigenvalue weighted by Gasteiger charge is -2.01. The molecule has 0 unspecified atom stereocenters. The zero-order valence-corrected chi connectivity index (χ0v) is 10.6. The summed E-state index contributed by atoms with van der Waals surface area (Å²) in [5.74, 6) is 0.573. The lowest BCUT2D eigenvalue weighted by molar-refractivity contribution is -0.120. The molecule has 1 aromatic carbocycles. The van der Waals surface area contributed by atoms with Gasteiger partial charge in [-0.3, -0.25) is 9.48 Å². The van der Waals surface area contributed by atoms with Crippen LogP contribution in [0.4, 0.5) is 0 Å². The molecule has 1 heterocycles. The summed E-state index contributed by atoms with van der Waals surface area (Å²) in [7, 11) is 1.90. The Balaban J connectivity index is 2.16. The molecular formula is C12H15N3OS. The smallest absolute Gasteiger partial charge is 0.221 e. The number of benzene rings is 1. The molecule has 4 nitrogen and oxygen atoms in total. The maximum Gasteiger partial charge on any atom is 0.221 e. The summed E-state index contributed by atoms with van der Waals surface area (Å²) in [5, 5.41) is 8.33. The van der Waals surface area contributed by atoms with Gasteiger partial charge in [-0.2, -0.15) is 17.7 Å². The number of aryl methyl sites for hydroxylation is 1.